The monoisotopic (exact) mass is 265 g/mol. The molecule has 0 aromatic heterocycles. The van der Waals surface area contributed by atoms with Gasteiger partial charge in [-0.1, -0.05) is 39.8 Å². The summed E-state index contributed by atoms with van der Waals surface area (Å²) in [5.74, 6) is -0.523. The molecule has 0 aliphatic heterocycles. The molecule has 0 spiro atoms. The maximum atomic E-state index is 13.9. The number of benzene rings is 1. The van der Waals surface area contributed by atoms with Crippen LogP contribution in [0.2, 0.25) is 0 Å². The average Bonchev–Trinajstić information content (AvgIpc) is 2.44. The number of nitrogens with zero attached hydrogens (tertiary/aromatic N) is 1. The van der Waals surface area contributed by atoms with Gasteiger partial charge in [-0.2, -0.15) is 0 Å². The molecule has 0 bridgehead atoms. The predicted octanol–water partition coefficient (Wildman–Crippen LogP) is 3.91. The van der Waals surface area contributed by atoms with Gasteiger partial charge in [-0.3, -0.25) is 9.69 Å². The van der Waals surface area contributed by atoms with Crippen molar-refractivity contribution in [2.45, 2.75) is 46.1 Å². The van der Waals surface area contributed by atoms with Crippen LogP contribution >= 0.6 is 0 Å². The Morgan fingerprint density at radius 2 is 1.63 bits per heavy atom. The standard InChI is InChI=1S/C16H24FNO/c1-5-16(6-2,18(7-3)8-4)15(19)13-11-9-10-12-14(13)17/h9-12H,5-8H2,1-4H3. The van der Waals surface area contributed by atoms with E-state index in [2.05, 4.69) is 4.90 Å². The van der Waals surface area contributed by atoms with Gasteiger partial charge < -0.3 is 0 Å². The largest absolute Gasteiger partial charge is 0.292 e. The lowest BCUT2D eigenvalue weighted by Gasteiger charge is -2.41. The van der Waals surface area contributed by atoms with Crippen LogP contribution in [0.25, 0.3) is 0 Å². The SMILES string of the molecule is CCN(CC)C(CC)(CC)C(=O)c1ccccc1F. The third-order valence-electron chi connectivity index (χ3n) is 4.08. The Morgan fingerprint density at radius 1 is 1.11 bits per heavy atom. The Kier molecular flexibility index (Phi) is 5.67. The Morgan fingerprint density at radius 3 is 2.05 bits per heavy atom. The molecule has 0 amide bonds. The Balaban J connectivity index is 3.26. The second-order valence-electron chi connectivity index (χ2n) is 4.72. The normalized spacial score (nSPS) is 11.9. The summed E-state index contributed by atoms with van der Waals surface area (Å²) in [6.07, 6.45) is 1.39. The van der Waals surface area contributed by atoms with Crippen LogP contribution in [0.15, 0.2) is 24.3 Å². The van der Waals surface area contributed by atoms with Crippen molar-refractivity contribution >= 4 is 5.78 Å². The molecular weight excluding hydrogens is 241 g/mol. The first-order valence-corrected chi connectivity index (χ1v) is 7.11. The summed E-state index contributed by atoms with van der Waals surface area (Å²) >= 11 is 0. The highest BCUT2D eigenvalue weighted by Crippen LogP contribution is 2.29. The van der Waals surface area contributed by atoms with Crippen molar-refractivity contribution in [3.05, 3.63) is 35.6 Å². The van der Waals surface area contributed by atoms with E-state index in [1.807, 2.05) is 27.7 Å². The summed E-state index contributed by atoms with van der Waals surface area (Å²) in [4.78, 5) is 15.0. The van der Waals surface area contributed by atoms with Crippen LogP contribution in [0.3, 0.4) is 0 Å². The van der Waals surface area contributed by atoms with E-state index >= 15 is 0 Å². The molecule has 2 nitrogen and oxygen atoms in total. The topological polar surface area (TPSA) is 20.3 Å². The molecule has 0 saturated heterocycles. The van der Waals surface area contributed by atoms with Gasteiger partial charge >= 0.3 is 0 Å². The molecule has 0 saturated carbocycles. The number of rotatable bonds is 7. The Hall–Kier alpha value is -1.22. The molecule has 19 heavy (non-hydrogen) atoms. The Labute approximate surface area is 115 Å². The number of carbonyl (C=O) groups is 1. The van der Waals surface area contributed by atoms with Crippen molar-refractivity contribution in [1.29, 1.82) is 0 Å². The van der Waals surface area contributed by atoms with Crippen LogP contribution in [0, 0.1) is 5.82 Å². The zero-order valence-electron chi connectivity index (χ0n) is 12.4. The van der Waals surface area contributed by atoms with Gasteiger partial charge in [-0.05, 0) is 38.1 Å². The molecule has 1 rings (SSSR count). The number of ketones is 1. The minimum atomic E-state index is -0.592. The van der Waals surface area contributed by atoms with Gasteiger partial charge in [0, 0.05) is 0 Å². The lowest BCUT2D eigenvalue weighted by atomic mass is 9.82. The molecule has 1 aromatic rings. The predicted molar refractivity (Wildman–Crippen MR) is 77.0 cm³/mol. The van der Waals surface area contributed by atoms with E-state index in [1.165, 1.54) is 6.07 Å². The van der Waals surface area contributed by atoms with Gasteiger partial charge in [-0.15, -0.1) is 0 Å². The fourth-order valence-corrected chi connectivity index (χ4v) is 2.89. The number of halogens is 1. The Bertz CT molecular complexity index is 423. The van der Waals surface area contributed by atoms with E-state index in [0.29, 0.717) is 12.8 Å². The maximum Gasteiger partial charge on any atom is 0.185 e. The van der Waals surface area contributed by atoms with E-state index in [9.17, 15) is 9.18 Å². The molecule has 0 heterocycles. The lowest BCUT2D eigenvalue weighted by Crippen LogP contribution is -2.54. The molecular formula is C16H24FNO. The van der Waals surface area contributed by atoms with E-state index in [0.717, 1.165) is 13.1 Å². The van der Waals surface area contributed by atoms with Crippen molar-refractivity contribution in [2.75, 3.05) is 13.1 Å². The van der Waals surface area contributed by atoms with Crippen LogP contribution in [0.5, 0.6) is 0 Å². The van der Waals surface area contributed by atoms with Crippen molar-refractivity contribution in [3.63, 3.8) is 0 Å². The van der Waals surface area contributed by atoms with Gasteiger partial charge in [-0.25, -0.2) is 4.39 Å². The molecule has 0 atom stereocenters. The second-order valence-corrected chi connectivity index (χ2v) is 4.72. The molecule has 106 valence electrons. The minimum absolute atomic E-state index is 0.0979. The molecule has 1 aromatic carbocycles. The summed E-state index contributed by atoms with van der Waals surface area (Å²) in [7, 11) is 0. The number of hydrogen-bond donors (Lipinski definition) is 0. The summed E-state index contributed by atoms with van der Waals surface area (Å²) in [6.45, 7) is 9.66. The van der Waals surface area contributed by atoms with Crippen LogP contribution in [0.4, 0.5) is 4.39 Å². The highest BCUT2D eigenvalue weighted by atomic mass is 19.1. The molecule has 0 aliphatic rings. The fraction of sp³-hybridized carbons (Fsp3) is 0.562. The quantitative estimate of drug-likeness (QED) is 0.697. The van der Waals surface area contributed by atoms with Crippen LogP contribution in [0.1, 0.15) is 50.9 Å². The van der Waals surface area contributed by atoms with Crippen molar-refractivity contribution in [2.24, 2.45) is 0 Å². The summed E-state index contributed by atoms with van der Waals surface area (Å²) in [6, 6.07) is 6.27. The smallest absolute Gasteiger partial charge is 0.185 e. The van der Waals surface area contributed by atoms with Crippen LogP contribution in [-0.2, 0) is 0 Å². The van der Waals surface area contributed by atoms with E-state index in [-0.39, 0.29) is 11.3 Å². The second kappa shape index (κ2) is 6.80. The van der Waals surface area contributed by atoms with E-state index in [4.69, 9.17) is 0 Å². The van der Waals surface area contributed by atoms with Gasteiger partial charge in [0.1, 0.15) is 5.82 Å². The number of carbonyl (C=O) groups excluding carboxylic acids is 1. The van der Waals surface area contributed by atoms with Crippen molar-refractivity contribution in [3.8, 4) is 0 Å². The van der Waals surface area contributed by atoms with E-state index < -0.39 is 11.4 Å². The molecule has 3 heteroatoms. The lowest BCUT2D eigenvalue weighted by molar-refractivity contribution is 0.0530. The molecule has 0 fully saturated rings. The van der Waals surface area contributed by atoms with Crippen molar-refractivity contribution < 1.29 is 9.18 Å². The third-order valence-corrected chi connectivity index (χ3v) is 4.08. The maximum absolute atomic E-state index is 13.9. The third kappa shape index (κ3) is 2.86. The number of likely N-dealkylation sites (N-methyl/N-ethyl adjacent to an activating group) is 1. The first-order valence-electron chi connectivity index (χ1n) is 7.11. The van der Waals surface area contributed by atoms with Gasteiger partial charge in [0.05, 0.1) is 11.1 Å². The average molecular weight is 265 g/mol. The first-order chi connectivity index (χ1) is 9.07. The molecule has 0 aliphatic carbocycles. The van der Waals surface area contributed by atoms with Crippen LogP contribution < -0.4 is 0 Å². The molecule has 0 N–H and O–H groups in total. The highest BCUT2D eigenvalue weighted by Gasteiger charge is 2.40. The summed E-state index contributed by atoms with van der Waals surface area (Å²) < 4.78 is 13.9. The first kappa shape index (κ1) is 15.8. The van der Waals surface area contributed by atoms with Crippen LogP contribution in [-0.4, -0.2) is 29.3 Å². The highest BCUT2D eigenvalue weighted by molar-refractivity contribution is 6.03. The van der Waals surface area contributed by atoms with Gasteiger partial charge in [0.15, 0.2) is 5.78 Å². The minimum Gasteiger partial charge on any atom is -0.292 e. The van der Waals surface area contributed by atoms with Crippen molar-refractivity contribution in [1.82, 2.24) is 4.90 Å². The van der Waals surface area contributed by atoms with E-state index in [1.54, 1.807) is 18.2 Å². The molecule has 0 unspecified atom stereocenters. The fourth-order valence-electron chi connectivity index (χ4n) is 2.89. The summed E-state index contributed by atoms with van der Waals surface area (Å²) in [5, 5.41) is 0. The number of Topliss-reactive ketones (excluding diaryl/α,β-unsaturated/α-hetero) is 1. The zero-order chi connectivity index (χ0) is 14.5. The van der Waals surface area contributed by atoms with Gasteiger partial charge in [0.25, 0.3) is 0 Å². The molecule has 0 radical (unpaired) electrons. The summed E-state index contributed by atoms with van der Waals surface area (Å²) in [5.41, 5.74) is -0.385. The van der Waals surface area contributed by atoms with Gasteiger partial charge in [0.2, 0.25) is 0 Å². The number of hydrogen-bond acceptors (Lipinski definition) is 2. The zero-order valence-corrected chi connectivity index (χ0v) is 12.4.